The molecule has 0 aliphatic rings. The van der Waals surface area contributed by atoms with Crippen molar-refractivity contribution in [2.75, 3.05) is 14.2 Å². The van der Waals surface area contributed by atoms with Crippen LogP contribution in [0.1, 0.15) is 0 Å². The zero-order chi connectivity index (χ0) is 8.20. The van der Waals surface area contributed by atoms with Crippen LogP contribution in [0.15, 0.2) is 0 Å². The third-order valence-corrected chi connectivity index (χ3v) is 1.15. The second kappa shape index (κ2) is 3.98. The van der Waals surface area contributed by atoms with Crippen LogP contribution >= 0.6 is 0 Å². The molecule has 0 aliphatic heterocycles. The van der Waals surface area contributed by atoms with Crippen LogP contribution in [0.5, 0.6) is 0 Å². The molecule has 0 aromatic heterocycles. The van der Waals surface area contributed by atoms with Gasteiger partial charge in [0.15, 0.2) is 0 Å². The van der Waals surface area contributed by atoms with Gasteiger partial charge in [-0.3, -0.25) is 0 Å². The number of methoxy groups -OCH3 is 2. The van der Waals surface area contributed by atoms with E-state index in [1.54, 1.807) is 0 Å². The Kier molecular flexibility index (Phi) is 3.97. The standard InChI is InChI=1S/C3H10O6Si/c1-7-3(8-2)9-10(4,5)6/h3-6H,1-2H3. The largest absolute Gasteiger partial charge is 0.675 e. The molecule has 0 unspecified atom stereocenters. The molecule has 0 spiro atoms. The zero-order valence-electron chi connectivity index (χ0n) is 5.64. The lowest BCUT2D eigenvalue weighted by Crippen LogP contribution is -2.43. The highest BCUT2D eigenvalue weighted by molar-refractivity contribution is 6.48. The van der Waals surface area contributed by atoms with Gasteiger partial charge in [0.2, 0.25) is 0 Å². The summed E-state index contributed by atoms with van der Waals surface area (Å²) in [5, 5.41) is 0. The molecule has 0 aromatic rings. The fraction of sp³-hybridized carbons (Fsp3) is 1.00. The molecule has 6 nitrogen and oxygen atoms in total. The highest BCUT2D eigenvalue weighted by Crippen LogP contribution is 1.98. The van der Waals surface area contributed by atoms with Gasteiger partial charge in [-0.15, -0.1) is 0 Å². The number of hydrogen-bond acceptors (Lipinski definition) is 6. The van der Waals surface area contributed by atoms with Crippen LogP contribution in [0, 0.1) is 0 Å². The second-order valence-corrected chi connectivity index (χ2v) is 2.84. The van der Waals surface area contributed by atoms with Gasteiger partial charge in [-0.25, -0.2) is 0 Å². The fourth-order valence-electron chi connectivity index (χ4n) is 0.322. The van der Waals surface area contributed by atoms with E-state index < -0.39 is 15.5 Å². The summed E-state index contributed by atoms with van der Waals surface area (Å²) in [6, 6.07) is 0. The Morgan fingerprint density at radius 2 is 1.50 bits per heavy atom. The maximum atomic E-state index is 8.32. The molecule has 0 bridgehead atoms. The van der Waals surface area contributed by atoms with Gasteiger partial charge in [-0.1, -0.05) is 0 Å². The van der Waals surface area contributed by atoms with E-state index in [2.05, 4.69) is 13.9 Å². The fourth-order valence-corrected chi connectivity index (χ4v) is 0.772. The van der Waals surface area contributed by atoms with Gasteiger partial charge in [-0.2, -0.15) is 0 Å². The SMILES string of the molecule is COC(OC)O[Si](O)(O)O. The minimum absolute atomic E-state index is 1.23. The summed E-state index contributed by atoms with van der Waals surface area (Å²) in [6.07, 6.45) is 0. The Morgan fingerprint density at radius 1 is 1.10 bits per heavy atom. The van der Waals surface area contributed by atoms with Gasteiger partial charge in [0.05, 0.1) is 0 Å². The van der Waals surface area contributed by atoms with Crippen molar-refractivity contribution in [3.63, 3.8) is 0 Å². The highest BCUT2D eigenvalue weighted by Gasteiger charge is 2.34. The maximum absolute atomic E-state index is 8.32. The predicted octanol–water partition coefficient (Wildman–Crippen LogP) is -2.01. The molecule has 10 heavy (non-hydrogen) atoms. The molecule has 3 N–H and O–H groups in total. The molecular formula is C3H10O6Si. The molecule has 0 radical (unpaired) electrons. The number of ether oxygens (including phenoxy) is 2. The minimum atomic E-state index is -4.51. The lowest BCUT2D eigenvalue weighted by molar-refractivity contribution is -0.247. The van der Waals surface area contributed by atoms with Gasteiger partial charge in [0, 0.05) is 14.2 Å². The lowest BCUT2D eigenvalue weighted by atomic mass is 11.2. The van der Waals surface area contributed by atoms with E-state index in [4.69, 9.17) is 14.4 Å². The zero-order valence-corrected chi connectivity index (χ0v) is 6.64. The Bertz CT molecular complexity index is 85.5. The van der Waals surface area contributed by atoms with E-state index in [0.29, 0.717) is 0 Å². The molecule has 0 rings (SSSR count). The van der Waals surface area contributed by atoms with Gasteiger partial charge in [0.25, 0.3) is 6.48 Å². The summed E-state index contributed by atoms with van der Waals surface area (Å²) in [4.78, 5) is 25.0. The average molecular weight is 170 g/mol. The van der Waals surface area contributed by atoms with Crippen molar-refractivity contribution in [3.05, 3.63) is 0 Å². The van der Waals surface area contributed by atoms with Crippen molar-refractivity contribution in [2.24, 2.45) is 0 Å². The van der Waals surface area contributed by atoms with E-state index in [-0.39, 0.29) is 0 Å². The molecule has 0 saturated heterocycles. The van der Waals surface area contributed by atoms with E-state index in [1.165, 1.54) is 14.2 Å². The molecule has 0 heterocycles. The van der Waals surface area contributed by atoms with E-state index in [0.717, 1.165) is 0 Å². The van der Waals surface area contributed by atoms with Crippen LogP contribution in [0.2, 0.25) is 0 Å². The molecule has 0 amide bonds. The maximum Gasteiger partial charge on any atom is 0.675 e. The monoisotopic (exact) mass is 170 g/mol. The van der Waals surface area contributed by atoms with Crippen molar-refractivity contribution >= 4 is 9.05 Å². The van der Waals surface area contributed by atoms with Crippen LogP contribution in [-0.4, -0.2) is 44.1 Å². The van der Waals surface area contributed by atoms with Gasteiger partial charge >= 0.3 is 9.05 Å². The third kappa shape index (κ3) is 4.82. The smallest absolute Gasteiger partial charge is 0.367 e. The van der Waals surface area contributed by atoms with E-state index in [1.807, 2.05) is 0 Å². The van der Waals surface area contributed by atoms with Crippen LogP contribution in [0.25, 0.3) is 0 Å². The van der Waals surface area contributed by atoms with Crippen LogP contribution in [0.3, 0.4) is 0 Å². The van der Waals surface area contributed by atoms with Gasteiger partial charge < -0.3 is 28.3 Å². The summed E-state index contributed by atoms with van der Waals surface area (Å²) in [7, 11) is -2.05. The van der Waals surface area contributed by atoms with Crippen molar-refractivity contribution in [1.29, 1.82) is 0 Å². The Morgan fingerprint density at radius 3 is 1.60 bits per heavy atom. The minimum Gasteiger partial charge on any atom is -0.367 e. The number of rotatable bonds is 4. The Hall–Kier alpha value is -0.0231. The Balaban J connectivity index is 3.63. The van der Waals surface area contributed by atoms with Gasteiger partial charge in [0.1, 0.15) is 0 Å². The lowest BCUT2D eigenvalue weighted by Gasteiger charge is -2.17. The van der Waals surface area contributed by atoms with Crippen molar-refractivity contribution in [1.82, 2.24) is 0 Å². The first-order valence-electron chi connectivity index (χ1n) is 2.40. The highest BCUT2D eigenvalue weighted by atomic mass is 28.4. The molecule has 0 aliphatic carbocycles. The van der Waals surface area contributed by atoms with Crippen LogP contribution in [0.4, 0.5) is 0 Å². The first kappa shape index (κ1) is 9.98. The van der Waals surface area contributed by atoms with Gasteiger partial charge in [-0.05, 0) is 0 Å². The molecule has 0 saturated carbocycles. The molecule has 7 heteroatoms. The summed E-state index contributed by atoms with van der Waals surface area (Å²) in [6.45, 7) is -1.24. The van der Waals surface area contributed by atoms with Crippen molar-refractivity contribution in [3.8, 4) is 0 Å². The predicted molar refractivity (Wildman–Crippen MR) is 31.3 cm³/mol. The summed E-state index contributed by atoms with van der Waals surface area (Å²) in [5.41, 5.74) is 0. The summed E-state index contributed by atoms with van der Waals surface area (Å²) < 4.78 is 12.9. The van der Waals surface area contributed by atoms with E-state index >= 15 is 0 Å². The second-order valence-electron chi connectivity index (χ2n) is 1.45. The summed E-state index contributed by atoms with van der Waals surface area (Å²) in [5.74, 6) is 0. The van der Waals surface area contributed by atoms with Crippen LogP contribution < -0.4 is 0 Å². The Labute approximate surface area is 59.1 Å². The first-order chi connectivity index (χ1) is 4.49. The normalized spacial score (nSPS) is 12.6. The molecule has 0 aromatic carbocycles. The first-order valence-corrected chi connectivity index (χ1v) is 4.15. The number of hydrogen-bond donors (Lipinski definition) is 3. The van der Waals surface area contributed by atoms with Crippen molar-refractivity contribution < 1.29 is 28.3 Å². The van der Waals surface area contributed by atoms with E-state index in [9.17, 15) is 0 Å². The van der Waals surface area contributed by atoms with Crippen molar-refractivity contribution in [2.45, 2.75) is 6.48 Å². The molecule has 62 valence electrons. The van der Waals surface area contributed by atoms with Crippen LogP contribution in [-0.2, 0) is 13.9 Å². The average Bonchev–Trinajstić information content (AvgIpc) is 1.81. The molecular weight excluding hydrogens is 160 g/mol. The molecule has 0 fully saturated rings. The third-order valence-electron chi connectivity index (χ3n) is 0.639. The quantitative estimate of drug-likeness (QED) is 0.334. The summed E-state index contributed by atoms with van der Waals surface area (Å²) >= 11 is 0. The topological polar surface area (TPSA) is 88.4 Å². The molecule has 0 atom stereocenters.